The molecule has 1 rings (SSSR count). The molecular weight excluding hydrogens is 168 g/mol. The van der Waals surface area contributed by atoms with Gasteiger partial charge in [0.25, 0.3) is 0 Å². The van der Waals surface area contributed by atoms with Crippen molar-refractivity contribution < 1.29 is 9.90 Å². The maximum atomic E-state index is 11.0. The molecule has 4 heteroatoms. The summed E-state index contributed by atoms with van der Waals surface area (Å²) in [7, 11) is 0. The molecule has 0 aromatic carbocycles. The first-order valence-electron chi connectivity index (χ1n) is 4.91. The van der Waals surface area contributed by atoms with Crippen LogP contribution in [0.1, 0.15) is 32.1 Å². The smallest absolute Gasteiger partial charge is 0.234 e. The van der Waals surface area contributed by atoms with Crippen molar-refractivity contribution in [2.45, 2.75) is 44.2 Å². The molecule has 0 bridgehead atoms. The van der Waals surface area contributed by atoms with E-state index in [1.807, 2.05) is 0 Å². The fourth-order valence-corrected chi connectivity index (χ4v) is 1.72. The molecule has 1 fully saturated rings. The van der Waals surface area contributed by atoms with E-state index >= 15 is 0 Å². The average molecular weight is 186 g/mol. The van der Waals surface area contributed by atoms with E-state index in [9.17, 15) is 9.90 Å². The summed E-state index contributed by atoms with van der Waals surface area (Å²) >= 11 is 0. The van der Waals surface area contributed by atoms with E-state index in [4.69, 9.17) is 5.73 Å². The summed E-state index contributed by atoms with van der Waals surface area (Å²) in [5.74, 6) is -0.175. The van der Waals surface area contributed by atoms with Crippen LogP contribution in [-0.2, 0) is 4.79 Å². The SMILES string of the molecule is NCC(=O)NC1CCCCCC1O. The van der Waals surface area contributed by atoms with Gasteiger partial charge in [-0.05, 0) is 12.8 Å². The highest BCUT2D eigenvalue weighted by molar-refractivity contribution is 5.78. The first-order chi connectivity index (χ1) is 6.24. The molecule has 13 heavy (non-hydrogen) atoms. The van der Waals surface area contributed by atoms with Crippen molar-refractivity contribution in [2.75, 3.05) is 6.54 Å². The van der Waals surface area contributed by atoms with Crippen LogP contribution < -0.4 is 11.1 Å². The standard InChI is InChI=1S/C9H18N2O2/c10-6-9(13)11-7-4-2-1-3-5-8(7)12/h7-8,12H,1-6,10H2,(H,11,13). The number of rotatable bonds is 2. The zero-order chi connectivity index (χ0) is 9.68. The molecule has 4 nitrogen and oxygen atoms in total. The van der Waals surface area contributed by atoms with Gasteiger partial charge in [-0.15, -0.1) is 0 Å². The second-order valence-corrected chi connectivity index (χ2v) is 3.58. The molecule has 1 aliphatic carbocycles. The third-order valence-electron chi connectivity index (χ3n) is 2.51. The number of hydrogen-bond acceptors (Lipinski definition) is 3. The highest BCUT2D eigenvalue weighted by Crippen LogP contribution is 2.17. The minimum absolute atomic E-state index is 0.00319. The van der Waals surface area contributed by atoms with Crippen molar-refractivity contribution in [1.82, 2.24) is 5.32 Å². The summed E-state index contributed by atoms with van der Waals surface area (Å²) in [6, 6.07) is -0.0847. The van der Waals surface area contributed by atoms with Crippen molar-refractivity contribution in [1.29, 1.82) is 0 Å². The number of aliphatic hydroxyl groups is 1. The lowest BCUT2D eigenvalue weighted by Gasteiger charge is -2.21. The monoisotopic (exact) mass is 186 g/mol. The van der Waals surface area contributed by atoms with E-state index in [0.717, 1.165) is 32.1 Å². The topological polar surface area (TPSA) is 75.4 Å². The third kappa shape index (κ3) is 3.32. The molecule has 1 saturated carbocycles. The number of carbonyl (C=O) groups excluding carboxylic acids is 1. The van der Waals surface area contributed by atoms with Crippen LogP contribution in [0.25, 0.3) is 0 Å². The van der Waals surface area contributed by atoms with Gasteiger partial charge in [0, 0.05) is 0 Å². The maximum absolute atomic E-state index is 11.0. The first kappa shape index (κ1) is 10.5. The molecule has 0 heterocycles. The Kier molecular flexibility index (Phi) is 4.18. The Bertz CT molecular complexity index is 173. The van der Waals surface area contributed by atoms with Crippen LogP contribution >= 0.6 is 0 Å². The van der Waals surface area contributed by atoms with Gasteiger partial charge >= 0.3 is 0 Å². The lowest BCUT2D eigenvalue weighted by atomic mass is 10.1. The Morgan fingerprint density at radius 1 is 1.38 bits per heavy atom. The van der Waals surface area contributed by atoms with Gasteiger partial charge in [-0.3, -0.25) is 4.79 Å². The lowest BCUT2D eigenvalue weighted by Crippen LogP contribution is -2.45. The Hall–Kier alpha value is -0.610. The quantitative estimate of drug-likeness (QED) is 0.521. The van der Waals surface area contributed by atoms with Gasteiger partial charge in [0.05, 0.1) is 18.7 Å². The Morgan fingerprint density at radius 2 is 2.08 bits per heavy atom. The van der Waals surface area contributed by atoms with Crippen molar-refractivity contribution in [2.24, 2.45) is 5.73 Å². The van der Waals surface area contributed by atoms with Crippen molar-refractivity contribution >= 4 is 5.91 Å². The van der Waals surface area contributed by atoms with E-state index in [1.54, 1.807) is 0 Å². The maximum Gasteiger partial charge on any atom is 0.234 e. The first-order valence-corrected chi connectivity index (χ1v) is 4.91. The van der Waals surface area contributed by atoms with Gasteiger partial charge in [0.15, 0.2) is 0 Å². The van der Waals surface area contributed by atoms with E-state index in [0.29, 0.717) is 0 Å². The van der Waals surface area contributed by atoms with Crippen molar-refractivity contribution in [3.8, 4) is 0 Å². The molecular formula is C9H18N2O2. The van der Waals surface area contributed by atoms with Crippen LogP contribution in [0.2, 0.25) is 0 Å². The molecule has 0 radical (unpaired) electrons. The minimum Gasteiger partial charge on any atom is -0.391 e. The summed E-state index contributed by atoms with van der Waals surface area (Å²) in [6.07, 6.45) is 4.54. The minimum atomic E-state index is -0.391. The van der Waals surface area contributed by atoms with Crippen LogP contribution in [0, 0.1) is 0 Å². The number of amides is 1. The highest BCUT2D eigenvalue weighted by Gasteiger charge is 2.22. The van der Waals surface area contributed by atoms with Gasteiger partial charge in [-0.25, -0.2) is 0 Å². The van der Waals surface area contributed by atoms with Gasteiger partial charge in [0.2, 0.25) is 5.91 Å². The van der Waals surface area contributed by atoms with Gasteiger partial charge < -0.3 is 16.2 Å². The predicted octanol–water partition coefficient (Wildman–Crippen LogP) is -0.245. The normalized spacial score (nSPS) is 29.4. The van der Waals surface area contributed by atoms with E-state index in [2.05, 4.69) is 5.32 Å². The van der Waals surface area contributed by atoms with Crippen LogP contribution in [-0.4, -0.2) is 29.7 Å². The Morgan fingerprint density at radius 3 is 2.77 bits per heavy atom. The van der Waals surface area contributed by atoms with Crippen LogP contribution in [0.4, 0.5) is 0 Å². The number of hydrogen-bond donors (Lipinski definition) is 3. The molecule has 76 valence electrons. The van der Waals surface area contributed by atoms with Crippen LogP contribution in [0.15, 0.2) is 0 Å². The highest BCUT2D eigenvalue weighted by atomic mass is 16.3. The molecule has 0 saturated heterocycles. The molecule has 4 N–H and O–H groups in total. The van der Waals surface area contributed by atoms with Crippen LogP contribution in [0.3, 0.4) is 0 Å². The number of carbonyl (C=O) groups is 1. The molecule has 0 spiro atoms. The summed E-state index contributed by atoms with van der Waals surface area (Å²) in [5.41, 5.74) is 5.18. The summed E-state index contributed by atoms with van der Waals surface area (Å²) < 4.78 is 0. The molecule has 0 aromatic heterocycles. The van der Waals surface area contributed by atoms with Gasteiger partial charge in [-0.2, -0.15) is 0 Å². The van der Waals surface area contributed by atoms with Gasteiger partial charge in [-0.1, -0.05) is 19.3 Å². The van der Waals surface area contributed by atoms with E-state index in [1.165, 1.54) is 0 Å². The second kappa shape index (κ2) is 5.19. The van der Waals surface area contributed by atoms with Gasteiger partial charge in [0.1, 0.15) is 0 Å². The third-order valence-corrected chi connectivity index (χ3v) is 2.51. The van der Waals surface area contributed by atoms with E-state index < -0.39 is 6.10 Å². The molecule has 2 unspecified atom stereocenters. The summed E-state index contributed by atoms with van der Waals surface area (Å²) in [4.78, 5) is 11.0. The van der Waals surface area contributed by atoms with Crippen LogP contribution in [0.5, 0.6) is 0 Å². The summed E-state index contributed by atoms with van der Waals surface area (Å²) in [6.45, 7) is 0.00319. The summed E-state index contributed by atoms with van der Waals surface area (Å²) in [5, 5.41) is 12.4. The van der Waals surface area contributed by atoms with E-state index in [-0.39, 0.29) is 18.5 Å². The van der Waals surface area contributed by atoms with Crippen molar-refractivity contribution in [3.05, 3.63) is 0 Å². The lowest BCUT2D eigenvalue weighted by molar-refractivity contribution is -0.121. The molecule has 2 atom stereocenters. The zero-order valence-corrected chi connectivity index (χ0v) is 7.83. The zero-order valence-electron chi connectivity index (χ0n) is 7.83. The molecule has 0 aliphatic heterocycles. The fraction of sp³-hybridized carbons (Fsp3) is 0.889. The number of aliphatic hydroxyl groups excluding tert-OH is 1. The number of nitrogens with one attached hydrogen (secondary N) is 1. The van der Waals surface area contributed by atoms with Crippen molar-refractivity contribution in [3.63, 3.8) is 0 Å². The Balaban J connectivity index is 2.40. The predicted molar refractivity (Wildman–Crippen MR) is 50.1 cm³/mol. The molecule has 1 aliphatic rings. The Labute approximate surface area is 78.5 Å². The average Bonchev–Trinajstić information content (AvgIpc) is 2.32. The second-order valence-electron chi connectivity index (χ2n) is 3.58. The molecule has 0 aromatic rings. The molecule has 1 amide bonds. The largest absolute Gasteiger partial charge is 0.391 e. The number of nitrogens with two attached hydrogens (primary N) is 1. The fourth-order valence-electron chi connectivity index (χ4n) is 1.72.